The molecule has 0 radical (unpaired) electrons. The molecule has 0 atom stereocenters. The van der Waals surface area contributed by atoms with Gasteiger partial charge in [0.1, 0.15) is 22.5 Å². The lowest BCUT2D eigenvalue weighted by Crippen LogP contribution is -2.49. The average Bonchev–Trinajstić information content (AvgIpc) is 3.39. The zero-order valence-corrected chi connectivity index (χ0v) is 26.5. The predicted molar refractivity (Wildman–Crippen MR) is 170 cm³/mol. The number of aryl methyl sites for hydroxylation is 1. The van der Waals surface area contributed by atoms with Crippen LogP contribution in [0.15, 0.2) is 36.4 Å². The summed E-state index contributed by atoms with van der Waals surface area (Å²) in [5.41, 5.74) is 3.63. The molecule has 7 heteroatoms. The summed E-state index contributed by atoms with van der Waals surface area (Å²) in [5, 5.41) is 23.5. The summed E-state index contributed by atoms with van der Waals surface area (Å²) in [6.07, 6.45) is 9.99. The molecule has 0 aliphatic heterocycles. The summed E-state index contributed by atoms with van der Waals surface area (Å²) < 4.78 is 1.14. The normalized spacial score (nSPS) is 12.2. The Hall–Kier alpha value is -2.93. The predicted octanol–water partition coefficient (Wildman–Crippen LogP) is 7.08. The van der Waals surface area contributed by atoms with Crippen molar-refractivity contribution < 1.29 is 14.4 Å². The highest BCUT2D eigenvalue weighted by Crippen LogP contribution is 2.36. The molecule has 41 heavy (non-hydrogen) atoms. The van der Waals surface area contributed by atoms with Crippen LogP contribution in [0.4, 0.5) is 0 Å². The van der Waals surface area contributed by atoms with Crippen molar-refractivity contribution in [2.45, 2.75) is 105 Å². The number of nitrogens with one attached hydrogen (secondary N) is 1. The minimum atomic E-state index is -0.275. The molecule has 226 valence electrons. The molecular weight excluding hydrogens is 510 g/mol. The fourth-order valence-corrected chi connectivity index (χ4v) is 5.70. The Labute approximate surface area is 247 Å². The SMILES string of the molecule is CCCCCCCC[N+](CC)(CC)CCCNC(=O)CCc1cc(-n2nc3ccccc3n2)c(O)c(C(C)(C)C)c1. The van der Waals surface area contributed by atoms with Gasteiger partial charge in [-0.3, -0.25) is 4.79 Å². The number of carbonyl (C=O) groups excluding carboxylic acids is 1. The fraction of sp³-hybridized carbons (Fsp3) is 0.618. The van der Waals surface area contributed by atoms with E-state index in [1.807, 2.05) is 36.4 Å². The van der Waals surface area contributed by atoms with Crippen LogP contribution in [0.1, 0.15) is 104 Å². The second kappa shape index (κ2) is 15.3. The number of aromatic hydroxyl groups is 1. The molecule has 0 unspecified atom stereocenters. The van der Waals surface area contributed by atoms with Crippen LogP contribution in [0.2, 0.25) is 0 Å². The summed E-state index contributed by atoms with van der Waals surface area (Å²) in [6, 6.07) is 11.6. The van der Waals surface area contributed by atoms with E-state index in [1.165, 1.54) is 49.9 Å². The van der Waals surface area contributed by atoms with E-state index < -0.39 is 0 Å². The van der Waals surface area contributed by atoms with Gasteiger partial charge in [0.2, 0.25) is 5.91 Å². The van der Waals surface area contributed by atoms with Crippen LogP contribution in [0.3, 0.4) is 0 Å². The quantitative estimate of drug-likeness (QED) is 0.136. The molecule has 0 saturated heterocycles. The van der Waals surface area contributed by atoms with Gasteiger partial charge in [-0.25, -0.2) is 0 Å². The molecule has 7 nitrogen and oxygen atoms in total. The molecule has 3 aromatic rings. The van der Waals surface area contributed by atoms with Gasteiger partial charge < -0.3 is 14.9 Å². The molecular formula is C34H54N5O2+. The Kier molecular flexibility index (Phi) is 12.2. The second-order valence-corrected chi connectivity index (χ2v) is 12.6. The fourth-order valence-electron chi connectivity index (χ4n) is 5.70. The maximum atomic E-state index is 12.8. The molecule has 0 aliphatic rings. The molecule has 1 heterocycles. The molecule has 0 spiro atoms. The number of carbonyl (C=O) groups is 1. The first kappa shape index (κ1) is 32.6. The number of phenols is 1. The third kappa shape index (κ3) is 9.29. The lowest BCUT2D eigenvalue weighted by molar-refractivity contribution is -0.925. The van der Waals surface area contributed by atoms with Crippen molar-refractivity contribution in [3.8, 4) is 11.4 Å². The number of benzene rings is 2. The third-order valence-corrected chi connectivity index (χ3v) is 8.56. The van der Waals surface area contributed by atoms with Gasteiger partial charge in [-0.05, 0) is 62.3 Å². The molecule has 0 aliphatic carbocycles. The van der Waals surface area contributed by atoms with Gasteiger partial charge in [0, 0.05) is 24.9 Å². The van der Waals surface area contributed by atoms with E-state index >= 15 is 0 Å². The zero-order valence-electron chi connectivity index (χ0n) is 26.5. The Balaban J connectivity index is 1.57. The molecule has 3 rings (SSSR count). The lowest BCUT2D eigenvalue weighted by atomic mass is 9.84. The van der Waals surface area contributed by atoms with Crippen molar-refractivity contribution in [3.63, 3.8) is 0 Å². The molecule has 0 bridgehead atoms. The number of quaternary nitrogens is 1. The van der Waals surface area contributed by atoms with Crippen molar-refractivity contribution in [1.29, 1.82) is 0 Å². The first-order valence-electron chi connectivity index (χ1n) is 15.9. The van der Waals surface area contributed by atoms with Crippen molar-refractivity contribution in [2.75, 3.05) is 32.7 Å². The zero-order chi connectivity index (χ0) is 29.9. The number of rotatable bonds is 17. The van der Waals surface area contributed by atoms with Crippen molar-refractivity contribution in [2.24, 2.45) is 0 Å². The van der Waals surface area contributed by atoms with Crippen LogP contribution in [-0.4, -0.2) is 63.2 Å². The van der Waals surface area contributed by atoms with Gasteiger partial charge >= 0.3 is 0 Å². The van der Waals surface area contributed by atoms with Crippen LogP contribution >= 0.6 is 0 Å². The molecule has 1 amide bonds. The van der Waals surface area contributed by atoms with Gasteiger partial charge in [-0.2, -0.15) is 0 Å². The van der Waals surface area contributed by atoms with E-state index in [-0.39, 0.29) is 17.1 Å². The Bertz CT molecular complexity index is 1210. The Morgan fingerprint density at radius 3 is 2.12 bits per heavy atom. The monoisotopic (exact) mass is 564 g/mol. The summed E-state index contributed by atoms with van der Waals surface area (Å²) in [5.74, 6) is 0.252. The standard InChI is InChI=1S/C34H53N5O2/c1-7-10-11-12-13-16-23-39(8-2,9-3)24-17-22-35-32(40)21-20-27-25-28(34(4,5)6)33(41)31(26-27)38-36-29-18-14-15-19-30(29)37-38/h14-15,18-19,25-26H,7-13,16-17,20-24H2,1-6H3,(H-,35,40,41)/p+1. The topological polar surface area (TPSA) is 80.0 Å². The number of unbranched alkanes of at least 4 members (excludes halogenated alkanes) is 5. The van der Waals surface area contributed by atoms with Gasteiger partial charge in [0.25, 0.3) is 0 Å². The van der Waals surface area contributed by atoms with Crippen LogP contribution in [0, 0.1) is 0 Å². The molecule has 0 saturated carbocycles. The van der Waals surface area contributed by atoms with Gasteiger partial charge in [0.05, 0.1) is 26.2 Å². The average molecular weight is 565 g/mol. The lowest BCUT2D eigenvalue weighted by Gasteiger charge is -2.37. The maximum Gasteiger partial charge on any atom is 0.220 e. The van der Waals surface area contributed by atoms with Gasteiger partial charge in [0.15, 0.2) is 0 Å². The number of fused-ring (bicyclic) bond motifs is 1. The number of hydrogen-bond donors (Lipinski definition) is 2. The van der Waals surface area contributed by atoms with Crippen molar-refractivity contribution in [1.82, 2.24) is 20.3 Å². The molecule has 2 aromatic carbocycles. The summed E-state index contributed by atoms with van der Waals surface area (Å²) in [4.78, 5) is 14.3. The van der Waals surface area contributed by atoms with Crippen LogP contribution in [0.25, 0.3) is 16.7 Å². The van der Waals surface area contributed by atoms with Gasteiger partial charge in [-0.15, -0.1) is 15.0 Å². The van der Waals surface area contributed by atoms with E-state index in [0.29, 0.717) is 25.1 Å². The van der Waals surface area contributed by atoms with E-state index in [4.69, 9.17) is 0 Å². The summed E-state index contributed by atoms with van der Waals surface area (Å²) in [7, 11) is 0. The highest BCUT2D eigenvalue weighted by atomic mass is 16.3. The smallest absolute Gasteiger partial charge is 0.220 e. The number of nitrogens with zero attached hydrogens (tertiary/aromatic N) is 4. The molecule has 1 aromatic heterocycles. The first-order chi connectivity index (χ1) is 19.6. The summed E-state index contributed by atoms with van der Waals surface area (Å²) >= 11 is 0. The largest absolute Gasteiger partial charge is 0.505 e. The highest BCUT2D eigenvalue weighted by Gasteiger charge is 2.24. The third-order valence-electron chi connectivity index (χ3n) is 8.56. The Morgan fingerprint density at radius 2 is 1.51 bits per heavy atom. The molecule has 0 fully saturated rings. The minimum Gasteiger partial charge on any atom is -0.505 e. The van der Waals surface area contributed by atoms with E-state index in [1.54, 1.807) is 0 Å². The van der Waals surface area contributed by atoms with Crippen molar-refractivity contribution >= 4 is 16.9 Å². The van der Waals surface area contributed by atoms with E-state index in [0.717, 1.165) is 52.7 Å². The maximum absolute atomic E-state index is 12.8. The van der Waals surface area contributed by atoms with Crippen LogP contribution in [-0.2, 0) is 16.6 Å². The van der Waals surface area contributed by atoms with E-state index in [2.05, 4.69) is 57.1 Å². The first-order valence-corrected chi connectivity index (χ1v) is 15.9. The summed E-state index contributed by atoms with van der Waals surface area (Å²) in [6.45, 7) is 18.5. The molecule has 2 N–H and O–H groups in total. The number of phenolic OH excluding ortho intramolecular Hbond substituents is 1. The van der Waals surface area contributed by atoms with Crippen LogP contribution < -0.4 is 5.32 Å². The van der Waals surface area contributed by atoms with E-state index in [9.17, 15) is 9.90 Å². The minimum absolute atomic E-state index is 0.0712. The highest BCUT2D eigenvalue weighted by molar-refractivity contribution is 5.76. The van der Waals surface area contributed by atoms with Gasteiger partial charge in [-0.1, -0.05) is 71.6 Å². The Morgan fingerprint density at radius 1 is 0.902 bits per heavy atom. The number of hydrogen-bond acceptors (Lipinski definition) is 4. The number of aromatic nitrogens is 3. The van der Waals surface area contributed by atoms with Crippen molar-refractivity contribution in [3.05, 3.63) is 47.5 Å². The second-order valence-electron chi connectivity index (χ2n) is 12.6. The van der Waals surface area contributed by atoms with Crippen LogP contribution in [0.5, 0.6) is 5.75 Å². The number of amides is 1.